The lowest BCUT2D eigenvalue weighted by molar-refractivity contribution is 0.141. The van der Waals surface area contributed by atoms with Gasteiger partial charge in [-0.1, -0.05) is 47.1 Å². The summed E-state index contributed by atoms with van der Waals surface area (Å²) in [5.74, 6) is 1.82. The first kappa shape index (κ1) is 23.9. The molecule has 0 bridgehead atoms. The Morgan fingerprint density at radius 3 is 2.50 bits per heavy atom. The molecule has 34 heavy (non-hydrogen) atoms. The van der Waals surface area contributed by atoms with Crippen molar-refractivity contribution in [2.75, 3.05) is 26.9 Å². The van der Waals surface area contributed by atoms with Crippen LogP contribution in [0.5, 0.6) is 5.75 Å². The van der Waals surface area contributed by atoms with Crippen molar-refractivity contribution in [2.24, 2.45) is 0 Å². The second-order valence-electron chi connectivity index (χ2n) is 8.15. The van der Waals surface area contributed by atoms with Gasteiger partial charge in [0, 0.05) is 31.0 Å². The highest BCUT2D eigenvalue weighted by atomic mass is 32.1. The van der Waals surface area contributed by atoms with Crippen molar-refractivity contribution >= 4 is 22.9 Å². The van der Waals surface area contributed by atoms with Gasteiger partial charge in [0.2, 0.25) is 5.82 Å². The van der Waals surface area contributed by atoms with E-state index in [0.717, 1.165) is 41.1 Å². The number of hydrogen-bond donors (Lipinski definition) is 1. The summed E-state index contributed by atoms with van der Waals surface area (Å²) >= 11 is 5.75. The Labute approximate surface area is 205 Å². The Kier molecular flexibility index (Phi) is 7.59. The van der Waals surface area contributed by atoms with Crippen LogP contribution in [-0.2, 0) is 4.74 Å². The first-order valence-corrected chi connectivity index (χ1v) is 11.8. The molecule has 8 heteroatoms. The van der Waals surface area contributed by atoms with Gasteiger partial charge in [-0.3, -0.25) is 0 Å². The quantitative estimate of drug-likeness (QED) is 0.335. The molecule has 4 rings (SSSR count). The van der Waals surface area contributed by atoms with Gasteiger partial charge in [-0.05, 0) is 57.1 Å². The number of nitrogens with one attached hydrogen (secondary N) is 1. The van der Waals surface area contributed by atoms with Gasteiger partial charge >= 0.3 is 0 Å². The fourth-order valence-corrected chi connectivity index (χ4v) is 4.34. The lowest BCUT2D eigenvalue weighted by Crippen LogP contribution is -2.46. The Morgan fingerprint density at radius 1 is 1.09 bits per heavy atom. The SMILES string of the molecule is CCOCCCN1C(=S)NC(c2ccc(OC)cc2)C(c2nc(-c3ccc(C)cc3)no2)=C1C. The average molecular weight is 479 g/mol. The summed E-state index contributed by atoms with van der Waals surface area (Å²) in [6.45, 7) is 8.21. The van der Waals surface area contributed by atoms with Gasteiger partial charge in [0.25, 0.3) is 5.89 Å². The molecule has 0 amide bonds. The van der Waals surface area contributed by atoms with Crippen molar-refractivity contribution in [1.82, 2.24) is 20.4 Å². The van der Waals surface area contributed by atoms with Crippen molar-refractivity contribution in [3.63, 3.8) is 0 Å². The van der Waals surface area contributed by atoms with E-state index in [4.69, 9.17) is 31.2 Å². The standard InChI is InChI=1S/C26H30N4O3S/c1-5-32-16-6-15-30-18(3)22(23(27-26(30)34)19-11-13-21(31-4)14-12-19)25-28-24(29-33-25)20-9-7-17(2)8-10-20/h7-14,23H,5-6,15-16H2,1-4H3,(H,27,34). The molecular formula is C26H30N4O3S. The summed E-state index contributed by atoms with van der Waals surface area (Å²) in [7, 11) is 1.66. The summed E-state index contributed by atoms with van der Waals surface area (Å²) in [6, 6.07) is 15.8. The van der Waals surface area contributed by atoms with Crippen molar-refractivity contribution < 1.29 is 14.0 Å². The van der Waals surface area contributed by atoms with E-state index in [1.165, 1.54) is 5.56 Å². The number of aromatic nitrogens is 2. The van der Waals surface area contributed by atoms with Crippen LogP contribution in [0.2, 0.25) is 0 Å². The number of allylic oxidation sites excluding steroid dienone is 1. The lowest BCUT2D eigenvalue weighted by atomic mass is 9.94. The van der Waals surface area contributed by atoms with Crippen LogP contribution in [0.3, 0.4) is 0 Å². The molecule has 0 saturated heterocycles. The minimum atomic E-state index is -0.229. The summed E-state index contributed by atoms with van der Waals surface area (Å²) < 4.78 is 16.7. The molecule has 3 aromatic rings. The maximum absolute atomic E-state index is 5.80. The molecule has 2 aromatic carbocycles. The van der Waals surface area contributed by atoms with E-state index < -0.39 is 0 Å². The molecule has 0 spiro atoms. The van der Waals surface area contributed by atoms with E-state index in [2.05, 4.69) is 29.2 Å². The molecule has 1 unspecified atom stereocenters. The maximum atomic E-state index is 5.80. The van der Waals surface area contributed by atoms with Crippen LogP contribution < -0.4 is 10.1 Å². The van der Waals surface area contributed by atoms with E-state index in [1.54, 1.807) is 7.11 Å². The molecule has 1 N–H and O–H groups in total. The first-order valence-electron chi connectivity index (χ1n) is 11.4. The van der Waals surface area contributed by atoms with Crippen molar-refractivity contribution in [1.29, 1.82) is 0 Å². The number of rotatable bonds is 9. The number of hydrogen-bond acceptors (Lipinski definition) is 6. The largest absolute Gasteiger partial charge is 0.497 e. The number of ether oxygens (including phenoxy) is 2. The minimum Gasteiger partial charge on any atom is -0.497 e. The number of nitrogens with zero attached hydrogens (tertiary/aromatic N) is 3. The predicted molar refractivity (Wildman–Crippen MR) is 136 cm³/mol. The van der Waals surface area contributed by atoms with Gasteiger partial charge in [0.1, 0.15) is 5.75 Å². The highest BCUT2D eigenvalue weighted by Crippen LogP contribution is 2.38. The van der Waals surface area contributed by atoms with Gasteiger partial charge in [-0.2, -0.15) is 4.98 Å². The molecule has 1 aromatic heterocycles. The summed E-state index contributed by atoms with van der Waals surface area (Å²) in [5, 5.41) is 8.42. The minimum absolute atomic E-state index is 0.229. The Morgan fingerprint density at radius 2 is 1.82 bits per heavy atom. The predicted octanol–water partition coefficient (Wildman–Crippen LogP) is 5.14. The molecule has 7 nitrogen and oxygen atoms in total. The van der Waals surface area contributed by atoms with Gasteiger partial charge in [0.15, 0.2) is 5.11 Å². The number of aryl methyl sites for hydroxylation is 1. The molecule has 178 valence electrons. The second kappa shape index (κ2) is 10.8. The molecule has 2 heterocycles. The third-order valence-electron chi connectivity index (χ3n) is 5.89. The molecule has 0 radical (unpaired) electrons. The zero-order chi connectivity index (χ0) is 24.1. The van der Waals surface area contributed by atoms with Crippen LogP contribution in [0, 0.1) is 6.92 Å². The normalized spacial score (nSPS) is 16.1. The van der Waals surface area contributed by atoms with E-state index in [1.807, 2.05) is 55.5 Å². The van der Waals surface area contributed by atoms with E-state index in [0.29, 0.717) is 30.0 Å². The van der Waals surface area contributed by atoms with Crippen molar-refractivity contribution in [3.8, 4) is 17.1 Å². The summed E-state index contributed by atoms with van der Waals surface area (Å²) in [6.07, 6.45) is 0.853. The van der Waals surface area contributed by atoms with Crippen LogP contribution in [0.4, 0.5) is 0 Å². The molecule has 0 fully saturated rings. The lowest BCUT2D eigenvalue weighted by Gasteiger charge is -2.37. The van der Waals surface area contributed by atoms with Gasteiger partial charge in [0.05, 0.1) is 18.7 Å². The van der Waals surface area contributed by atoms with E-state index in [-0.39, 0.29) is 6.04 Å². The number of methoxy groups -OCH3 is 1. The molecule has 1 aliphatic rings. The van der Waals surface area contributed by atoms with E-state index in [9.17, 15) is 0 Å². The maximum Gasteiger partial charge on any atom is 0.258 e. The molecule has 0 saturated carbocycles. The van der Waals surface area contributed by atoms with Crippen molar-refractivity contribution in [3.05, 3.63) is 71.2 Å². The smallest absolute Gasteiger partial charge is 0.258 e. The van der Waals surface area contributed by atoms with Gasteiger partial charge in [-0.25, -0.2) is 0 Å². The third-order valence-corrected chi connectivity index (χ3v) is 6.22. The van der Waals surface area contributed by atoms with Gasteiger partial charge < -0.3 is 24.2 Å². The highest BCUT2D eigenvalue weighted by Gasteiger charge is 2.34. The Balaban J connectivity index is 1.72. The topological polar surface area (TPSA) is 72.7 Å². The zero-order valence-corrected chi connectivity index (χ0v) is 20.8. The third kappa shape index (κ3) is 5.13. The molecule has 1 aliphatic heterocycles. The molecule has 1 atom stereocenters. The highest BCUT2D eigenvalue weighted by molar-refractivity contribution is 7.80. The summed E-state index contributed by atoms with van der Waals surface area (Å²) in [4.78, 5) is 6.85. The van der Waals surface area contributed by atoms with Crippen LogP contribution in [0.1, 0.15) is 43.3 Å². The van der Waals surface area contributed by atoms with Crippen LogP contribution in [-0.4, -0.2) is 47.0 Å². The van der Waals surface area contributed by atoms with Crippen molar-refractivity contribution in [2.45, 2.75) is 33.2 Å². The Hall–Kier alpha value is -3.23. The zero-order valence-electron chi connectivity index (χ0n) is 20.0. The molecular weight excluding hydrogens is 448 g/mol. The first-order chi connectivity index (χ1) is 16.5. The fourth-order valence-electron chi connectivity index (χ4n) is 4.00. The summed E-state index contributed by atoms with van der Waals surface area (Å²) in [5.41, 5.74) is 5.01. The van der Waals surface area contributed by atoms with E-state index >= 15 is 0 Å². The fraction of sp³-hybridized carbons (Fsp3) is 0.346. The monoisotopic (exact) mass is 478 g/mol. The van der Waals surface area contributed by atoms with Crippen LogP contribution in [0.15, 0.2) is 58.8 Å². The number of thiocarbonyl (C=S) groups is 1. The second-order valence-corrected chi connectivity index (χ2v) is 8.53. The Bertz CT molecular complexity index is 1160. The number of benzene rings is 2. The molecule has 0 aliphatic carbocycles. The van der Waals surface area contributed by atoms with Gasteiger partial charge in [-0.15, -0.1) is 0 Å². The van der Waals surface area contributed by atoms with Crippen LogP contribution >= 0.6 is 12.2 Å². The average Bonchev–Trinajstić information content (AvgIpc) is 3.33. The van der Waals surface area contributed by atoms with Crippen LogP contribution in [0.25, 0.3) is 17.0 Å².